The molecule has 3 aromatic rings. The molecule has 1 aromatic heterocycles. The second-order valence-electron chi connectivity index (χ2n) is 4.91. The second-order valence-corrected chi connectivity index (χ2v) is 4.91. The molecule has 117 valence electrons. The lowest BCUT2D eigenvalue weighted by Gasteiger charge is -2.06. The summed E-state index contributed by atoms with van der Waals surface area (Å²) in [6.45, 7) is 1.02. The first-order valence-corrected chi connectivity index (χ1v) is 7.11. The lowest BCUT2D eigenvalue weighted by Crippen LogP contribution is -2.20. The molecule has 0 bridgehead atoms. The zero-order valence-electron chi connectivity index (χ0n) is 12.7. The Morgan fingerprint density at radius 1 is 1.26 bits per heavy atom. The van der Waals surface area contributed by atoms with Gasteiger partial charge in [-0.3, -0.25) is 0 Å². The third-order valence-electron chi connectivity index (χ3n) is 3.42. The topological polar surface area (TPSA) is 79.4 Å². The van der Waals surface area contributed by atoms with Gasteiger partial charge in [-0.25, -0.2) is 4.79 Å². The SMILES string of the molecule is COCCOc1ccc(-c2nn(C(N)=O)c3cc[c]cc23)cc1. The summed E-state index contributed by atoms with van der Waals surface area (Å²) in [5.74, 6) is 0.746. The number of ether oxygens (including phenoxy) is 2. The van der Waals surface area contributed by atoms with Crippen LogP contribution in [0.25, 0.3) is 22.2 Å². The number of methoxy groups -OCH3 is 1. The van der Waals surface area contributed by atoms with E-state index in [0.717, 1.165) is 16.7 Å². The van der Waals surface area contributed by atoms with E-state index in [1.54, 1.807) is 25.3 Å². The van der Waals surface area contributed by atoms with Crippen LogP contribution in [-0.2, 0) is 4.74 Å². The normalized spacial score (nSPS) is 10.8. The molecule has 2 N–H and O–H groups in total. The zero-order chi connectivity index (χ0) is 16.2. The van der Waals surface area contributed by atoms with Crippen LogP contribution in [0.1, 0.15) is 0 Å². The quantitative estimate of drug-likeness (QED) is 0.734. The molecule has 1 amide bonds. The van der Waals surface area contributed by atoms with Gasteiger partial charge < -0.3 is 15.2 Å². The van der Waals surface area contributed by atoms with Crippen molar-refractivity contribution in [1.82, 2.24) is 9.78 Å². The van der Waals surface area contributed by atoms with Crippen molar-refractivity contribution in [3.63, 3.8) is 0 Å². The number of aromatic nitrogens is 2. The van der Waals surface area contributed by atoms with Gasteiger partial charge >= 0.3 is 6.03 Å². The molecule has 0 atom stereocenters. The van der Waals surface area contributed by atoms with Crippen molar-refractivity contribution >= 4 is 16.9 Å². The molecule has 2 aromatic carbocycles. The minimum Gasteiger partial charge on any atom is -0.491 e. The smallest absolute Gasteiger partial charge is 0.340 e. The molecule has 0 saturated heterocycles. The fourth-order valence-corrected chi connectivity index (χ4v) is 2.34. The molecule has 0 aliphatic carbocycles. The summed E-state index contributed by atoms with van der Waals surface area (Å²) in [4.78, 5) is 11.5. The number of hydrogen-bond donors (Lipinski definition) is 1. The number of nitrogens with zero attached hydrogens (tertiary/aromatic N) is 2. The minimum absolute atomic E-state index is 0.490. The number of fused-ring (bicyclic) bond motifs is 1. The lowest BCUT2D eigenvalue weighted by molar-refractivity contribution is 0.146. The van der Waals surface area contributed by atoms with E-state index in [-0.39, 0.29) is 0 Å². The van der Waals surface area contributed by atoms with Gasteiger partial charge in [0.2, 0.25) is 0 Å². The van der Waals surface area contributed by atoms with E-state index < -0.39 is 6.03 Å². The van der Waals surface area contributed by atoms with Crippen molar-refractivity contribution in [2.45, 2.75) is 0 Å². The third-order valence-corrected chi connectivity index (χ3v) is 3.42. The van der Waals surface area contributed by atoms with Gasteiger partial charge in [0.25, 0.3) is 0 Å². The minimum atomic E-state index is -0.619. The Morgan fingerprint density at radius 3 is 2.74 bits per heavy atom. The predicted molar refractivity (Wildman–Crippen MR) is 86.4 cm³/mol. The van der Waals surface area contributed by atoms with Gasteiger partial charge in [-0.05, 0) is 42.5 Å². The van der Waals surface area contributed by atoms with Crippen molar-refractivity contribution in [3.8, 4) is 17.0 Å². The fraction of sp³-hybridized carbons (Fsp3) is 0.176. The van der Waals surface area contributed by atoms with Gasteiger partial charge in [-0.15, -0.1) is 0 Å². The van der Waals surface area contributed by atoms with Crippen molar-refractivity contribution in [3.05, 3.63) is 48.5 Å². The summed E-state index contributed by atoms with van der Waals surface area (Å²) in [5, 5.41) is 5.14. The monoisotopic (exact) mass is 310 g/mol. The van der Waals surface area contributed by atoms with Crippen molar-refractivity contribution in [2.75, 3.05) is 20.3 Å². The Kier molecular flexibility index (Phi) is 4.25. The number of rotatable bonds is 5. The molecule has 0 fully saturated rings. The molecule has 0 aliphatic rings. The summed E-state index contributed by atoms with van der Waals surface area (Å²) in [7, 11) is 1.63. The molecule has 0 aliphatic heterocycles. The van der Waals surface area contributed by atoms with Gasteiger partial charge in [0.15, 0.2) is 0 Å². The lowest BCUT2D eigenvalue weighted by atomic mass is 10.1. The molecule has 6 nitrogen and oxygen atoms in total. The average molecular weight is 310 g/mol. The predicted octanol–water partition coefficient (Wildman–Crippen LogP) is 2.46. The number of primary amides is 1. The Hall–Kier alpha value is -2.86. The van der Waals surface area contributed by atoms with E-state index in [0.29, 0.717) is 24.4 Å². The molecule has 6 heteroatoms. The maximum absolute atomic E-state index is 11.5. The van der Waals surface area contributed by atoms with Crippen LogP contribution in [0.2, 0.25) is 0 Å². The van der Waals surface area contributed by atoms with E-state index in [2.05, 4.69) is 11.2 Å². The largest absolute Gasteiger partial charge is 0.491 e. The molecular formula is C17H16N3O3. The summed E-state index contributed by atoms with van der Waals surface area (Å²) < 4.78 is 11.7. The molecule has 0 spiro atoms. The maximum atomic E-state index is 11.5. The Morgan fingerprint density at radius 2 is 2.04 bits per heavy atom. The molecule has 1 heterocycles. The Bertz CT molecular complexity index is 825. The summed E-state index contributed by atoms with van der Waals surface area (Å²) in [5.41, 5.74) is 7.59. The van der Waals surface area contributed by atoms with Gasteiger partial charge in [0.1, 0.15) is 18.1 Å². The second kappa shape index (κ2) is 6.50. The number of nitrogens with two attached hydrogens (primary N) is 1. The van der Waals surface area contributed by atoms with Crippen LogP contribution in [0.15, 0.2) is 42.5 Å². The van der Waals surface area contributed by atoms with Crippen LogP contribution in [0.4, 0.5) is 4.79 Å². The van der Waals surface area contributed by atoms with Gasteiger partial charge in [0, 0.05) is 18.1 Å². The maximum Gasteiger partial charge on any atom is 0.340 e. The van der Waals surface area contributed by atoms with Gasteiger partial charge in [0.05, 0.1) is 12.1 Å². The number of amides is 1. The molecular weight excluding hydrogens is 294 g/mol. The highest BCUT2D eigenvalue weighted by atomic mass is 16.5. The van der Waals surface area contributed by atoms with Crippen LogP contribution >= 0.6 is 0 Å². The molecule has 3 rings (SSSR count). The van der Waals surface area contributed by atoms with E-state index in [1.165, 1.54) is 4.68 Å². The number of hydrogen-bond acceptors (Lipinski definition) is 4. The highest BCUT2D eigenvalue weighted by Crippen LogP contribution is 2.28. The number of carbonyl (C=O) groups is 1. The van der Waals surface area contributed by atoms with Crippen LogP contribution < -0.4 is 10.5 Å². The van der Waals surface area contributed by atoms with Crippen molar-refractivity contribution < 1.29 is 14.3 Å². The van der Waals surface area contributed by atoms with Crippen molar-refractivity contribution in [1.29, 1.82) is 0 Å². The van der Waals surface area contributed by atoms with Crippen LogP contribution in [0, 0.1) is 6.07 Å². The van der Waals surface area contributed by atoms with Gasteiger partial charge in [-0.2, -0.15) is 9.78 Å². The van der Waals surface area contributed by atoms with Crippen molar-refractivity contribution in [2.24, 2.45) is 5.73 Å². The summed E-state index contributed by atoms with van der Waals surface area (Å²) in [6, 6.07) is 15.1. The molecule has 0 saturated carbocycles. The third kappa shape index (κ3) is 3.02. The van der Waals surface area contributed by atoms with E-state index in [9.17, 15) is 4.79 Å². The van der Waals surface area contributed by atoms with Gasteiger partial charge in [-0.1, -0.05) is 6.07 Å². The molecule has 1 radical (unpaired) electrons. The Labute approximate surface area is 133 Å². The zero-order valence-corrected chi connectivity index (χ0v) is 12.7. The van der Waals surface area contributed by atoms with E-state index in [1.807, 2.05) is 24.3 Å². The van der Waals surface area contributed by atoms with Crippen LogP contribution in [0.3, 0.4) is 0 Å². The first-order valence-electron chi connectivity index (χ1n) is 7.11. The highest BCUT2D eigenvalue weighted by molar-refractivity contribution is 5.98. The van der Waals surface area contributed by atoms with E-state index >= 15 is 0 Å². The number of benzene rings is 2. The Balaban J connectivity index is 1.95. The van der Waals surface area contributed by atoms with E-state index in [4.69, 9.17) is 15.2 Å². The average Bonchev–Trinajstić information content (AvgIpc) is 2.96. The number of carbonyl (C=O) groups excluding carboxylic acids is 1. The summed E-state index contributed by atoms with van der Waals surface area (Å²) in [6.07, 6.45) is 0. The standard InChI is InChI=1S/C17H16N3O3/c1-22-10-11-23-13-8-6-12(7-9-13)16-14-4-2-3-5-15(14)20(19-16)17(18)21/h3-9H,10-11H2,1H3,(H2,18,21). The molecule has 23 heavy (non-hydrogen) atoms. The first kappa shape index (κ1) is 15.1. The van der Waals surface area contributed by atoms with Crippen LogP contribution in [-0.4, -0.2) is 36.1 Å². The summed E-state index contributed by atoms with van der Waals surface area (Å²) >= 11 is 0. The molecule has 0 unspecified atom stereocenters. The first-order chi connectivity index (χ1) is 11.2. The fourth-order valence-electron chi connectivity index (χ4n) is 2.34. The van der Waals surface area contributed by atoms with Crippen LogP contribution in [0.5, 0.6) is 5.75 Å². The highest BCUT2D eigenvalue weighted by Gasteiger charge is 2.14.